The Kier molecular flexibility index (Phi) is 3.93. The van der Waals surface area contributed by atoms with Crippen LogP contribution in [0.5, 0.6) is 0 Å². The topological polar surface area (TPSA) is 26.3 Å². The first-order valence-corrected chi connectivity index (χ1v) is 5.98. The Morgan fingerprint density at radius 1 is 1.38 bits per heavy atom. The predicted molar refractivity (Wildman–Crippen MR) is 69.0 cm³/mol. The summed E-state index contributed by atoms with van der Waals surface area (Å²) in [6.07, 6.45) is 0. The van der Waals surface area contributed by atoms with E-state index in [2.05, 4.69) is 0 Å². The number of hydrogen-bond acceptors (Lipinski definition) is 2. The summed E-state index contributed by atoms with van der Waals surface area (Å²) in [4.78, 5) is 11.9. The Bertz CT molecular complexity index is 422. The summed E-state index contributed by atoms with van der Waals surface area (Å²) >= 11 is 2.00. The van der Waals surface area contributed by atoms with Crippen LogP contribution in [0.15, 0.2) is 12.1 Å². The minimum atomic E-state index is -0.571. The van der Waals surface area contributed by atoms with Crippen molar-refractivity contribution >= 4 is 28.6 Å². The van der Waals surface area contributed by atoms with Crippen molar-refractivity contribution in [2.24, 2.45) is 0 Å². The highest BCUT2D eigenvalue weighted by Gasteiger charge is 2.22. The van der Waals surface area contributed by atoms with Crippen LogP contribution in [0.4, 0.5) is 4.39 Å². The first-order chi connectivity index (χ1) is 7.22. The van der Waals surface area contributed by atoms with Crippen molar-refractivity contribution in [2.75, 3.05) is 0 Å². The molecule has 2 nitrogen and oxygen atoms in total. The van der Waals surface area contributed by atoms with Crippen LogP contribution in [-0.2, 0) is 4.74 Å². The molecule has 0 aromatic heterocycles. The maximum Gasteiger partial charge on any atom is 0.340 e. The summed E-state index contributed by atoms with van der Waals surface area (Å²) in [5, 5.41) is 0. The molecule has 0 N–H and O–H groups in total. The fraction of sp³-hybridized carbons (Fsp3) is 0.417. The highest BCUT2D eigenvalue weighted by atomic mass is 127. The van der Waals surface area contributed by atoms with E-state index >= 15 is 0 Å². The number of benzene rings is 1. The summed E-state index contributed by atoms with van der Waals surface area (Å²) in [5.41, 5.74) is 0.0792. The number of ether oxygens (including phenoxy) is 1. The summed E-state index contributed by atoms with van der Waals surface area (Å²) in [5.74, 6) is -0.866. The van der Waals surface area contributed by atoms with E-state index in [-0.39, 0.29) is 5.82 Å². The van der Waals surface area contributed by atoms with Crippen LogP contribution in [0.3, 0.4) is 0 Å². The van der Waals surface area contributed by atoms with E-state index in [1.807, 2.05) is 22.6 Å². The molecule has 1 aromatic carbocycles. The minimum absolute atomic E-state index is 0.315. The molecule has 0 aliphatic heterocycles. The zero-order valence-corrected chi connectivity index (χ0v) is 11.9. The largest absolute Gasteiger partial charge is 0.456 e. The summed E-state index contributed by atoms with van der Waals surface area (Å²) in [7, 11) is 0. The third-order valence-electron chi connectivity index (χ3n) is 1.95. The maximum atomic E-state index is 13.3. The Morgan fingerprint density at radius 2 is 1.94 bits per heavy atom. The molecule has 16 heavy (non-hydrogen) atoms. The van der Waals surface area contributed by atoms with E-state index in [9.17, 15) is 9.18 Å². The number of halogens is 2. The normalized spacial score (nSPS) is 11.4. The second-order valence-corrected chi connectivity index (χ2v) is 5.69. The van der Waals surface area contributed by atoms with Crippen LogP contribution in [0.1, 0.15) is 36.7 Å². The van der Waals surface area contributed by atoms with Crippen molar-refractivity contribution < 1.29 is 13.9 Å². The van der Waals surface area contributed by atoms with E-state index < -0.39 is 11.6 Å². The van der Waals surface area contributed by atoms with Gasteiger partial charge in [-0.15, -0.1) is 0 Å². The Labute approximate surface area is 108 Å². The number of rotatable bonds is 1. The number of hydrogen-bond donors (Lipinski definition) is 0. The summed E-state index contributed by atoms with van der Waals surface area (Å²) < 4.78 is 19.3. The van der Waals surface area contributed by atoms with Crippen LogP contribution in [0.25, 0.3) is 0 Å². The van der Waals surface area contributed by atoms with Gasteiger partial charge < -0.3 is 4.74 Å². The van der Waals surface area contributed by atoms with Gasteiger partial charge in [-0.3, -0.25) is 0 Å². The molecule has 0 bridgehead atoms. The van der Waals surface area contributed by atoms with Gasteiger partial charge in [-0.1, -0.05) is 0 Å². The second kappa shape index (κ2) is 4.69. The monoisotopic (exact) mass is 336 g/mol. The molecule has 0 radical (unpaired) electrons. The molecular formula is C12H14FIO2. The van der Waals surface area contributed by atoms with Crippen molar-refractivity contribution in [2.45, 2.75) is 33.3 Å². The van der Waals surface area contributed by atoms with Crippen molar-refractivity contribution in [3.63, 3.8) is 0 Å². The molecule has 0 aliphatic carbocycles. The van der Waals surface area contributed by atoms with Gasteiger partial charge in [-0.25, -0.2) is 9.18 Å². The van der Waals surface area contributed by atoms with Gasteiger partial charge in [0.05, 0.1) is 5.56 Å². The zero-order chi connectivity index (χ0) is 12.5. The van der Waals surface area contributed by atoms with Gasteiger partial charge in [0.15, 0.2) is 0 Å². The van der Waals surface area contributed by atoms with Crippen LogP contribution < -0.4 is 0 Å². The van der Waals surface area contributed by atoms with Crippen molar-refractivity contribution in [1.82, 2.24) is 0 Å². The van der Waals surface area contributed by atoms with Gasteiger partial charge in [-0.2, -0.15) is 0 Å². The predicted octanol–water partition coefficient (Wildman–Crippen LogP) is 3.69. The first-order valence-electron chi connectivity index (χ1n) is 4.90. The van der Waals surface area contributed by atoms with Crippen LogP contribution in [0, 0.1) is 16.3 Å². The molecule has 0 atom stereocenters. The Balaban J connectivity index is 3.14. The number of carbonyl (C=O) groups is 1. The molecule has 0 aliphatic rings. The smallest absolute Gasteiger partial charge is 0.340 e. The fourth-order valence-electron chi connectivity index (χ4n) is 1.23. The molecule has 0 saturated carbocycles. The average Bonchev–Trinajstić information content (AvgIpc) is 2.09. The van der Waals surface area contributed by atoms with Gasteiger partial charge in [-0.05, 0) is 62.4 Å². The van der Waals surface area contributed by atoms with E-state index in [0.29, 0.717) is 14.7 Å². The lowest BCUT2D eigenvalue weighted by Crippen LogP contribution is -2.25. The third-order valence-corrected chi connectivity index (χ3v) is 2.85. The van der Waals surface area contributed by atoms with E-state index in [0.717, 1.165) is 0 Å². The lowest BCUT2D eigenvalue weighted by molar-refractivity contribution is 0.00669. The quantitative estimate of drug-likeness (QED) is 0.578. The van der Waals surface area contributed by atoms with E-state index in [1.165, 1.54) is 6.07 Å². The Morgan fingerprint density at radius 3 is 2.44 bits per heavy atom. The van der Waals surface area contributed by atoms with Crippen molar-refractivity contribution in [1.29, 1.82) is 0 Å². The third kappa shape index (κ3) is 3.17. The van der Waals surface area contributed by atoms with Gasteiger partial charge in [0, 0.05) is 9.13 Å². The molecule has 0 spiro atoms. The standard InChI is InChI=1S/C12H14FIO2/c1-7-8(13)5-6-9(14)10(7)11(15)16-12(2,3)4/h5-6H,1-4H3. The van der Waals surface area contributed by atoms with E-state index in [4.69, 9.17) is 4.74 Å². The van der Waals surface area contributed by atoms with Gasteiger partial charge in [0.2, 0.25) is 0 Å². The van der Waals surface area contributed by atoms with Gasteiger partial charge in [0.1, 0.15) is 11.4 Å². The molecule has 88 valence electrons. The summed E-state index contributed by atoms with van der Waals surface area (Å²) in [6, 6.07) is 2.92. The van der Waals surface area contributed by atoms with Crippen molar-refractivity contribution in [3.8, 4) is 0 Å². The number of esters is 1. The molecule has 0 heterocycles. The fourth-order valence-corrected chi connectivity index (χ4v) is 2.04. The van der Waals surface area contributed by atoms with Crippen molar-refractivity contribution in [3.05, 3.63) is 32.6 Å². The molecule has 1 rings (SSSR count). The molecule has 4 heteroatoms. The van der Waals surface area contributed by atoms with Gasteiger partial charge in [0.25, 0.3) is 0 Å². The Hall–Kier alpha value is -0.650. The summed E-state index contributed by atoms with van der Waals surface area (Å²) in [6.45, 7) is 6.93. The average molecular weight is 336 g/mol. The SMILES string of the molecule is Cc1c(F)ccc(I)c1C(=O)OC(C)(C)C. The highest BCUT2D eigenvalue weighted by Crippen LogP contribution is 2.22. The lowest BCUT2D eigenvalue weighted by Gasteiger charge is -2.20. The number of carbonyl (C=O) groups excluding carboxylic acids is 1. The molecule has 0 unspecified atom stereocenters. The zero-order valence-electron chi connectivity index (χ0n) is 9.73. The van der Waals surface area contributed by atoms with Crippen LogP contribution in [-0.4, -0.2) is 11.6 Å². The molecule has 0 amide bonds. The molecule has 0 saturated heterocycles. The van der Waals surface area contributed by atoms with Gasteiger partial charge >= 0.3 is 5.97 Å². The van der Waals surface area contributed by atoms with Crippen LogP contribution in [0.2, 0.25) is 0 Å². The second-order valence-electron chi connectivity index (χ2n) is 4.53. The molecule has 1 aromatic rings. The first kappa shape index (κ1) is 13.4. The maximum absolute atomic E-state index is 13.3. The van der Waals surface area contributed by atoms with Crippen LogP contribution >= 0.6 is 22.6 Å². The lowest BCUT2D eigenvalue weighted by atomic mass is 10.1. The van der Waals surface area contributed by atoms with E-state index in [1.54, 1.807) is 33.8 Å². The molecule has 0 fully saturated rings. The highest BCUT2D eigenvalue weighted by molar-refractivity contribution is 14.1. The molecular weight excluding hydrogens is 322 g/mol. The minimum Gasteiger partial charge on any atom is -0.456 e.